The van der Waals surface area contributed by atoms with E-state index in [2.05, 4.69) is 9.97 Å². The fourth-order valence-electron chi connectivity index (χ4n) is 1.55. The minimum atomic E-state index is -0.00882. The van der Waals surface area contributed by atoms with Crippen molar-refractivity contribution in [2.45, 2.75) is 13.0 Å². The van der Waals surface area contributed by atoms with Gasteiger partial charge in [-0.1, -0.05) is 12.1 Å². The van der Waals surface area contributed by atoms with Crippen LogP contribution >= 0.6 is 0 Å². The molecule has 4 nitrogen and oxygen atoms in total. The van der Waals surface area contributed by atoms with Gasteiger partial charge in [0, 0.05) is 6.42 Å². The van der Waals surface area contributed by atoms with Gasteiger partial charge in [0.1, 0.15) is 11.6 Å². The average Bonchev–Trinajstić information content (AvgIpc) is 2.77. The molecule has 84 valence electrons. The van der Waals surface area contributed by atoms with Crippen LogP contribution in [0.2, 0.25) is 0 Å². The van der Waals surface area contributed by atoms with Gasteiger partial charge in [-0.3, -0.25) is 0 Å². The van der Waals surface area contributed by atoms with Crippen molar-refractivity contribution in [2.24, 2.45) is 0 Å². The number of hydrogen-bond acceptors (Lipinski definition) is 3. The molecule has 1 aromatic carbocycles. The van der Waals surface area contributed by atoms with Crippen LogP contribution in [-0.2, 0) is 13.0 Å². The predicted octanol–water partition coefficient (Wildman–Crippen LogP) is 1.50. The van der Waals surface area contributed by atoms with E-state index in [9.17, 15) is 0 Å². The number of rotatable bonds is 4. The zero-order valence-electron chi connectivity index (χ0n) is 9.10. The second kappa shape index (κ2) is 4.81. The van der Waals surface area contributed by atoms with Gasteiger partial charge in [0.2, 0.25) is 0 Å². The van der Waals surface area contributed by atoms with Gasteiger partial charge in [0.05, 0.1) is 25.6 Å². The first-order valence-electron chi connectivity index (χ1n) is 5.08. The van der Waals surface area contributed by atoms with E-state index < -0.39 is 0 Å². The zero-order valence-corrected chi connectivity index (χ0v) is 9.10. The highest BCUT2D eigenvalue weighted by molar-refractivity contribution is 5.30. The van der Waals surface area contributed by atoms with Crippen molar-refractivity contribution in [1.82, 2.24) is 9.97 Å². The summed E-state index contributed by atoms with van der Waals surface area (Å²) in [7, 11) is 1.65. The summed E-state index contributed by atoms with van der Waals surface area (Å²) in [6.07, 6.45) is 2.35. The Morgan fingerprint density at radius 2 is 2.31 bits per heavy atom. The zero-order chi connectivity index (χ0) is 11.4. The summed E-state index contributed by atoms with van der Waals surface area (Å²) in [6.45, 7) is -0.00882. The lowest BCUT2D eigenvalue weighted by molar-refractivity contribution is 0.277. The molecule has 0 spiro atoms. The summed E-state index contributed by atoms with van der Waals surface area (Å²) in [5.74, 6) is 1.68. The van der Waals surface area contributed by atoms with Crippen LogP contribution in [0, 0.1) is 0 Å². The van der Waals surface area contributed by atoms with Crippen molar-refractivity contribution in [3.63, 3.8) is 0 Å². The van der Waals surface area contributed by atoms with Gasteiger partial charge < -0.3 is 14.8 Å². The lowest BCUT2D eigenvalue weighted by atomic mass is 10.1. The van der Waals surface area contributed by atoms with E-state index in [1.54, 1.807) is 13.3 Å². The van der Waals surface area contributed by atoms with E-state index in [-0.39, 0.29) is 6.61 Å². The molecule has 0 unspecified atom stereocenters. The van der Waals surface area contributed by atoms with Gasteiger partial charge in [-0.25, -0.2) is 4.98 Å². The Hall–Kier alpha value is -1.81. The van der Waals surface area contributed by atoms with E-state index in [0.717, 1.165) is 22.8 Å². The summed E-state index contributed by atoms with van der Waals surface area (Å²) in [4.78, 5) is 7.23. The van der Waals surface area contributed by atoms with E-state index in [4.69, 9.17) is 9.84 Å². The lowest BCUT2D eigenvalue weighted by Gasteiger charge is -2.02. The maximum Gasteiger partial charge on any atom is 0.119 e. The smallest absolute Gasteiger partial charge is 0.119 e. The van der Waals surface area contributed by atoms with Crippen molar-refractivity contribution in [1.29, 1.82) is 0 Å². The standard InChI is InChI=1S/C12H14N2O2/c1-16-11-4-2-3-9(5-11)6-12-13-7-10(8-15)14-12/h2-5,7,15H,6,8H2,1H3,(H,13,14). The number of aromatic amines is 1. The molecule has 0 radical (unpaired) electrons. The summed E-state index contributed by atoms with van der Waals surface area (Å²) in [6, 6.07) is 7.85. The summed E-state index contributed by atoms with van der Waals surface area (Å²) in [5, 5.41) is 8.91. The van der Waals surface area contributed by atoms with Crippen LogP contribution in [-0.4, -0.2) is 22.2 Å². The van der Waals surface area contributed by atoms with Crippen LogP contribution in [0.1, 0.15) is 17.1 Å². The Bertz CT molecular complexity index is 466. The van der Waals surface area contributed by atoms with Gasteiger partial charge in [-0.15, -0.1) is 0 Å². The molecule has 0 amide bonds. The highest BCUT2D eigenvalue weighted by Gasteiger charge is 2.02. The van der Waals surface area contributed by atoms with E-state index in [1.807, 2.05) is 24.3 Å². The molecule has 0 aliphatic rings. The third-order valence-electron chi connectivity index (χ3n) is 2.36. The number of aliphatic hydroxyl groups is 1. The predicted molar refractivity (Wildman–Crippen MR) is 60.3 cm³/mol. The van der Waals surface area contributed by atoms with Crippen molar-refractivity contribution in [3.05, 3.63) is 47.5 Å². The molecule has 0 bridgehead atoms. The fourth-order valence-corrected chi connectivity index (χ4v) is 1.55. The summed E-state index contributed by atoms with van der Waals surface area (Å²) < 4.78 is 5.15. The number of hydrogen-bond donors (Lipinski definition) is 2. The van der Waals surface area contributed by atoms with E-state index >= 15 is 0 Å². The Labute approximate surface area is 93.9 Å². The molecule has 4 heteroatoms. The maximum absolute atomic E-state index is 8.91. The summed E-state index contributed by atoms with van der Waals surface area (Å²) >= 11 is 0. The number of aliphatic hydroxyl groups excluding tert-OH is 1. The van der Waals surface area contributed by atoms with E-state index in [0.29, 0.717) is 6.42 Å². The number of imidazole rings is 1. The molecule has 2 N–H and O–H groups in total. The lowest BCUT2D eigenvalue weighted by Crippen LogP contribution is -1.92. The molecular formula is C12H14N2O2. The Morgan fingerprint density at radius 1 is 1.44 bits per heavy atom. The molecule has 0 aliphatic heterocycles. The normalized spacial score (nSPS) is 10.4. The quantitative estimate of drug-likeness (QED) is 0.817. The SMILES string of the molecule is COc1cccc(Cc2ncc(CO)[nH]2)c1. The first-order valence-corrected chi connectivity index (χ1v) is 5.08. The molecule has 16 heavy (non-hydrogen) atoms. The van der Waals surface area contributed by atoms with Crippen molar-refractivity contribution in [3.8, 4) is 5.75 Å². The molecule has 2 rings (SSSR count). The Morgan fingerprint density at radius 3 is 3.00 bits per heavy atom. The number of methoxy groups -OCH3 is 1. The second-order valence-electron chi connectivity index (χ2n) is 3.54. The number of H-pyrrole nitrogens is 1. The van der Waals surface area contributed by atoms with Gasteiger partial charge in [-0.2, -0.15) is 0 Å². The van der Waals surface area contributed by atoms with E-state index in [1.165, 1.54) is 0 Å². The number of ether oxygens (including phenoxy) is 1. The van der Waals surface area contributed by atoms with Crippen molar-refractivity contribution >= 4 is 0 Å². The highest BCUT2D eigenvalue weighted by atomic mass is 16.5. The van der Waals surface area contributed by atoms with Gasteiger partial charge in [0.25, 0.3) is 0 Å². The largest absolute Gasteiger partial charge is 0.497 e. The molecule has 1 heterocycles. The molecule has 2 aromatic rings. The minimum absolute atomic E-state index is 0.00882. The second-order valence-corrected chi connectivity index (χ2v) is 3.54. The molecule has 0 aliphatic carbocycles. The van der Waals surface area contributed by atoms with Gasteiger partial charge >= 0.3 is 0 Å². The number of aromatic nitrogens is 2. The molecular weight excluding hydrogens is 204 g/mol. The van der Waals surface area contributed by atoms with Crippen LogP contribution in [0.4, 0.5) is 0 Å². The number of nitrogens with zero attached hydrogens (tertiary/aromatic N) is 1. The van der Waals surface area contributed by atoms with Gasteiger partial charge in [0.15, 0.2) is 0 Å². The minimum Gasteiger partial charge on any atom is -0.497 e. The van der Waals surface area contributed by atoms with Crippen LogP contribution in [0.15, 0.2) is 30.5 Å². The van der Waals surface area contributed by atoms with Crippen LogP contribution in [0.5, 0.6) is 5.75 Å². The summed E-state index contributed by atoms with van der Waals surface area (Å²) in [5.41, 5.74) is 1.86. The van der Waals surface area contributed by atoms with Crippen molar-refractivity contribution in [2.75, 3.05) is 7.11 Å². The first-order chi connectivity index (χ1) is 7.81. The topological polar surface area (TPSA) is 58.1 Å². The number of benzene rings is 1. The average molecular weight is 218 g/mol. The van der Waals surface area contributed by atoms with Crippen molar-refractivity contribution < 1.29 is 9.84 Å². The van der Waals surface area contributed by atoms with Gasteiger partial charge in [-0.05, 0) is 17.7 Å². The maximum atomic E-state index is 8.91. The molecule has 0 saturated carbocycles. The van der Waals surface area contributed by atoms with Crippen LogP contribution < -0.4 is 4.74 Å². The molecule has 0 saturated heterocycles. The molecule has 0 fully saturated rings. The Balaban J connectivity index is 2.13. The number of nitrogens with one attached hydrogen (secondary N) is 1. The Kier molecular flexibility index (Phi) is 3.22. The highest BCUT2D eigenvalue weighted by Crippen LogP contribution is 2.14. The fraction of sp³-hybridized carbons (Fsp3) is 0.250. The van der Waals surface area contributed by atoms with Crippen LogP contribution in [0.25, 0.3) is 0 Å². The molecule has 1 aromatic heterocycles. The molecule has 0 atom stereocenters. The third-order valence-corrected chi connectivity index (χ3v) is 2.36. The van der Waals surface area contributed by atoms with Crippen LogP contribution in [0.3, 0.4) is 0 Å². The third kappa shape index (κ3) is 2.41. The first kappa shape index (κ1) is 10.7. The monoisotopic (exact) mass is 218 g/mol.